The maximum Gasteiger partial charge on any atom is 0.472 e. The fourth-order valence-electron chi connectivity index (χ4n) is 7.27. The van der Waals surface area contributed by atoms with Crippen molar-refractivity contribution >= 4 is 13.7 Å². The summed E-state index contributed by atoms with van der Waals surface area (Å²) in [5.74, 6) is -0.207. The van der Waals surface area contributed by atoms with Crippen molar-refractivity contribution in [3.05, 3.63) is 60.8 Å². The maximum atomic E-state index is 12.9. The SMILES string of the molecule is CCCC/C=C\C/C=C\CCCCCCCC(=O)NC(COP(=O)(O)OCC[N+](C)(C)C)C(O)/C=C/CC/C=C/CC/C=C/CCCCCCCCCCCCCCCCCCC. The number of likely N-dealkylation sites (N-methyl/N-ethyl adjacent to an activating group) is 1. The van der Waals surface area contributed by atoms with Crippen molar-refractivity contribution in [1.29, 1.82) is 0 Å². The average molecular weight is 906 g/mol. The molecule has 0 saturated carbocycles. The standard InChI is InChI=1S/C54H101N2O6P/c1-6-8-10-12-14-16-18-20-22-23-24-25-26-27-28-29-30-31-32-33-34-35-37-39-41-43-45-47-53(57)52(51-62-63(59,60)61-50-49-56(3,4)5)55-54(58)48-46-44-42-40-38-36-21-19-17-15-13-11-9-7-2/h13,15,19,21,32-33,37,39,45,47,52-53,57H,6-12,14,16-18,20,22-31,34-36,38,40-44,46,48-51H2,1-5H3,(H-,55,58,59,60)/p+1/b15-13-,21-19-,33-32+,39-37+,47-45+. The number of hydrogen-bond donors (Lipinski definition) is 3. The molecule has 3 atom stereocenters. The van der Waals surface area contributed by atoms with Gasteiger partial charge in [0.2, 0.25) is 5.91 Å². The van der Waals surface area contributed by atoms with Crippen molar-refractivity contribution in [2.45, 2.75) is 238 Å². The molecule has 3 N–H and O–H groups in total. The van der Waals surface area contributed by atoms with Crippen molar-refractivity contribution in [3.8, 4) is 0 Å². The zero-order chi connectivity index (χ0) is 46.4. The Morgan fingerprint density at radius 1 is 0.540 bits per heavy atom. The van der Waals surface area contributed by atoms with Gasteiger partial charge in [-0.1, -0.05) is 209 Å². The molecule has 0 saturated heterocycles. The lowest BCUT2D eigenvalue weighted by atomic mass is 10.0. The summed E-state index contributed by atoms with van der Waals surface area (Å²) in [5.41, 5.74) is 0. The van der Waals surface area contributed by atoms with Crippen molar-refractivity contribution in [2.24, 2.45) is 0 Å². The minimum atomic E-state index is -4.36. The van der Waals surface area contributed by atoms with Crippen molar-refractivity contribution in [1.82, 2.24) is 5.32 Å². The number of carbonyl (C=O) groups excluding carboxylic acids is 1. The molecule has 0 aliphatic heterocycles. The predicted octanol–water partition coefficient (Wildman–Crippen LogP) is 15.4. The Hall–Kier alpha value is -1.80. The van der Waals surface area contributed by atoms with Gasteiger partial charge in [0.15, 0.2) is 0 Å². The quantitative estimate of drug-likeness (QED) is 0.0243. The topological polar surface area (TPSA) is 105 Å². The number of phosphoric ester groups is 1. The Morgan fingerprint density at radius 3 is 1.41 bits per heavy atom. The van der Waals surface area contributed by atoms with E-state index in [2.05, 4.69) is 67.8 Å². The molecule has 9 heteroatoms. The highest BCUT2D eigenvalue weighted by molar-refractivity contribution is 7.47. The third kappa shape index (κ3) is 48.0. The number of quaternary nitrogens is 1. The fourth-order valence-corrected chi connectivity index (χ4v) is 8.00. The molecular formula is C54H102N2O6P+. The number of aliphatic hydroxyl groups is 1. The number of nitrogens with one attached hydrogen (secondary N) is 1. The lowest BCUT2D eigenvalue weighted by Gasteiger charge is -2.25. The Morgan fingerprint density at radius 2 is 0.937 bits per heavy atom. The van der Waals surface area contributed by atoms with E-state index in [1.165, 1.54) is 135 Å². The summed E-state index contributed by atoms with van der Waals surface area (Å²) >= 11 is 0. The highest BCUT2D eigenvalue weighted by Gasteiger charge is 2.27. The van der Waals surface area contributed by atoms with E-state index >= 15 is 0 Å². The van der Waals surface area contributed by atoms with E-state index in [0.29, 0.717) is 17.4 Å². The van der Waals surface area contributed by atoms with Gasteiger partial charge in [-0.3, -0.25) is 13.8 Å². The van der Waals surface area contributed by atoms with E-state index in [4.69, 9.17) is 9.05 Å². The third-order valence-corrected chi connectivity index (χ3v) is 12.4. The molecule has 63 heavy (non-hydrogen) atoms. The minimum absolute atomic E-state index is 0.0485. The van der Waals surface area contributed by atoms with E-state index in [1.807, 2.05) is 27.2 Å². The van der Waals surface area contributed by atoms with Crippen LogP contribution in [-0.4, -0.2) is 73.4 Å². The number of carbonyl (C=O) groups is 1. The molecule has 0 heterocycles. The van der Waals surface area contributed by atoms with E-state index in [1.54, 1.807) is 6.08 Å². The molecule has 3 unspecified atom stereocenters. The summed E-state index contributed by atoms with van der Waals surface area (Å²) in [6, 6.07) is -0.879. The summed E-state index contributed by atoms with van der Waals surface area (Å²) in [7, 11) is 1.53. The lowest BCUT2D eigenvalue weighted by Crippen LogP contribution is -2.45. The first kappa shape index (κ1) is 61.2. The van der Waals surface area contributed by atoms with Gasteiger partial charge in [-0.2, -0.15) is 0 Å². The van der Waals surface area contributed by atoms with Crippen LogP contribution in [-0.2, 0) is 18.4 Å². The van der Waals surface area contributed by atoms with Gasteiger partial charge in [0.25, 0.3) is 0 Å². The first-order valence-corrected chi connectivity index (χ1v) is 27.7. The minimum Gasteiger partial charge on any atom is -0.387 e. The monoisotopic (exact) mass is 906 g/mol. The second-order valence-electron chi connectivity index (χ2n) is 18.9. The molecule has 0 aliphatic rings. The van der Waals surface area contributed by atoms with Gasteiger partial charge in [-0.25, -0.2) is 4.57 Å². The van der Waals surface area contributed by atoms with Crippen LogP contribution in [0.2, 0.25) is 0 Å². The molecule has 0 spiro atoms. The molecule has 1 amide bonds. The first-order valence-electron chi connectivity index (χ1n) is 26.2. The number of aliphatic hydroxyl groups excluding tert-OH is 1. The Balaban J connectivity index is 4.32. The van der Waals surface area contributed by atoms with E-state index in [0.717, 1.165) is 70.6 Å². The van der Waals surface area contributed by atoms with Crippen LogP contribution in [0.3, 0.4) is 0 Å². The summed E-state index contributed by atoms with van der Waals surface area (Å²) < 4.78 is 23.6. The summed E-state index contributed by atoms with van der Waals surface area (Å²) in [4.78, 5) is 23.2. The molecule has 0 fully saturated rings. The fraction of sp³-hybridized carbons (Fsp3) is 0.796. The van der Waals surface area contributed by atoms with Crippen LogP contribution in [0, 0.1) is 0 Å². The number of allylic oxidation sites excluding steroid dienone is 9. The largest absolute Gasteiger partial charge is 0.472 e. The van der Waals surface area contributed by atoms with Gasteiger partial charge in [0, 0.05) is 6.42 Å². The van der Waals surface area contributed by atoms with Gasteiger partial charge in [-0.15, -0.1) is 0 Å². The number of hydrogen-bond acceptors (Lipinski definition) is 5. The molecule has 0 aromatic carbocycles. The average Bonchev–Trinajstić information content (AvgIpc) is 3.24. The number of unbranched alkanes of at least 4 members (excludes halogenated alkanes) is 26. The molecular weight excluding hydrogens is 804 g/mol. The van der Waals surface area contributed by atoms with Gasteiger partial charge < -0.3 is 19.8 Å². The van der Waals surface area contributed by atoms with Gasteiger partial charge in [0.05, 0.1) is 39.9 Å². The zero-order valence-electron chi connectivity index (χ0n) is 41.8. The Labute approximate surface area is 390 Å². The van der Waals surface area contributed by atoms with Crippen LogP contribution in [0.4, 0.5) is 0 Å². The normalized spacial score (nSPS) is 14.6. The first-order chi connectivity index (χ1) is 30.5. The summed E-state index contributed by atoms with van der Waals surface area (Å²) in [5, 5.41) is 13.8. The molecule has 0 aromatic rings. The van der Waals surface area contributed by atoms with Gasteiger partial charge >= 0.3 is 7.82 Å². The smallest absolute Gasteiger partial charge is 0.387 e. The van der Waals surface area contributed by atoms with E-state index < -0.39 is 20.0 Å². The Bertz CT molecular complexity index is 1210. The molecule has 0 rings (SSSR count). The molecule has 0 bridgehead atoms. The molecule has 0 radical (unpaired) electrons. The molecule has 8 nitrogen and oxygen atoms in total. The molecule has 0 aliphatic carbocycles. The van der Waals surface area contributed by atoms with Crippen LogP contribution < -0.4 is 5.32 Å². The predicted molar refractivity (Wildman–Crippen MR) is 272 cm³/mol. The zero-order valence-corrected chi connectivity index (χ0v) is 42.7. The lowest BCUT2D eigenvalue weighted by molar-refractivity contribution is -0.870. The van der Waals surface area contributed by atoms with Crippen molar-refractivity contribution < 1.29 is 32.9 Å². The summed E-state index contributed by atoms with van der Waals surface area (Å²) in [6.45, 7) is 4.74. The second-order valence-corrected chi connectivity index (χ2v) is 20.3. The van der Waals surface area contributed by atoms with Crippen LogP contribution >= 0.6 is 7.82 Å². The van der Waals surface area contributed by atoms with Gasteiger partial charge in [0.1, 0.15) is 13.2 Å². The van der Waals surface area contributed by atoms with Crippen molar-refractivity contribution in [2.75, 3.05) is 40.9 Å². The van der Waals surface area contributed by atoms with Gasteiger partial charge in [-0.05, 0) is 70.6 Å². The number of phosphoric acid groups is 1. The molecule has 0 aromatic heterocycles. The van der Waals surface area contributed by atoms with E-state index in [9.17, 15) is 19.4 Å². The van der Waals surface area contributed by atoms with Crippen LogP contribution in [0.15, 0.2) is 60.8 Å². The number of nitrogens with zero attached hydrogens (tertiary/aromatic N) is 1. The third-order valence-electron chi connectivity index (χ3n) is 11.4. The molecule has 368 valence electrons. The van der Waals surface area contributed by atoms with Crippen LogP contribution in [0.5, 0.6) is 0 Å². The number of rotatable bonds is 47. The highest BCUT2D eigenvalue weighted by atomic mass is 31.2. The second kappa shape index (κ2) is 45.4. The summed E-state index contributed by atoms with van der Waals surface area (Å²) in [6.07, 6.45) is 60.4. The van der Waals surface area contributed by atoms with Crippen molar-refractivity contribution in [3.63, 3.8) is 0 Å². The highest BCUT2D eigenvalue weighted by Crippen LogP contribution is 2.43. The van der Waals surface area contributed by atoms with Crippen LogP contribution in [0.1, 0.15) is 226 Å². The maximum absolute atomic E-state index is 12.9. The van der Waals surface area contributed by atoms with Crippen LogP contribution in [0.25, 0.3) is 0 Å². The van der Waals surface area contributed by atoms with E-state index in [-0.39, 0.29) is 19.1 Å². The number of amides is 1. The Kier molecular flexibility index (Phi) is 44.1.